The lowest BCUT2D eigenvalue weighted by atomic mass is 9.42. The van der Waals surface area contributed by atoms with Crippen LogP contribution in [0.4, 0.5) is 17.1 Å². The van der Waals surface area contributed by atoms with Gasteiger partial charge in [-0.2, -0.15) is 0 Å². The lowest BCUT2D eigenvalue weighted by molar-refractivity contribution is -0.0452. The number of hydrogen-bond donors (Lipinski definition) is 0. The first-order valence-corrected chi connectivity index (χ1v) is 22.1. The van der Waals surface area contributed by atoms with Gasteiger partial charge in [0.2, 0.25) is 0 Å². The molecule has 0 N–H and O–H groups in total. The molecule has 2 heteroatoms. The van der Waals surface area contributed by atoms with E-state index in [0.29, 0.717) is 17.3 Å². The maximum atomic E-state index is 6.89. The molecule has 4 aromatic rings. The number of ether oxygens (including phenoxy) is 1. The number of fused-ring (bicyclic) bond motifs is 3. The Hall–Kier alpha value is -3.52. The van der Waals surface area contributed by atoms with E-state index < -0.39 is 0 Å². The fourth-order valence-electron chi connectivity index (χ4n) is 15.6. The van der Waals surface area contributed by atoms with Gasteiger partial charge in [-0.3, -0.25) is 0 Å². The summed E-state index contributed by atoms with van der Waals surface area (Å²) in [7, 11) is 0. The van der Waals surface area contributed by atoms with Gasteiger partial charge in [0, 0.05) is 33.6 Å². The quantitative estimate of drug-likeness (QED) is 0.209. The van der Waals surface area contributed by atoms with E-state index >= 15 is 0 Å². The largest absolute Gasteiger partial charge is 0.457 e. The van der Waals surface area contributed by atoms with Crippen LogP contribution in [0.2, 0.25) is 0 Å². The van der Waals surface area contributed by atoms with Gasteiger partial charge in [-0.1, -0.05) is 64.1 Å². The van der Waals surface area contributed by atoms with Crippen molar-refractivity contribution in [1.29, 1.82) is 0 Å². The van der Waals surface area contributed by atoms with Crippen molar-refractivity contribution in [3.8, 4) is 11.5 Å². The summed E-state index contributed by atoms with van der Waals surface area (Å²) in [4.78, 5) is 2.62. The van der Waals surface area contributed by atoms with Gasteiger partial charge < -0.3 is 9.64 Å². The summed E-state index contributed by atoms with van der Waals surface area (Å²) in [6.45, 7) is 9.85. The molecule has 10 aliphatic rings. The minimum absolute atomic E-state index is 0.0313. The topological polar surface area (TPSA) is 12.5 Å². The highest BCUT2D eigenvalue weighted by Gasteiger charge is 2.61. The highest BCUT2D eigenvalue weighted by atomic mass is 16.5. The number of anilines is 3. The van der Waals surface area contributed by atoms with E-state index in [4.69, 9.17) is 4.74 Å². The van der Waals surface area contributed by atoms with Gasteiger partial charge >= 0.3 is 0 Å². The Balaban J connectivity index is 1.02. The average molecular weight is 714 g/mol. The minimum Gasteiger partial charge on any atom is -0.457 e. The second-order valence-electron chi connectivity index (χ2n) is 21.5. The highest BCUT2D eigenvalue weighted by molar-refractivity contribution is 5.79. The molecule has 0 radical (unpaired) electrons. The molecular formula is C52H59NO. The van der Waals surface area contributed by atoms with E-state index in [1.54, 1.807) is 5.56 Å². The maximum absolute atomic E-state index is 6.89. The first-order chi connectivity index (χ1) is 26.1. The second kappa shape index (κ2) is 11.1. The summed E-state index contributed by atoms with van der Waals surface area (Å²) < 4.78 is 6.89. The van der Waals surface area contributed by atoms with Gasteiger partial charge in [0.25, 0.3) is 0 Å². The molecule has 0 aromatic heterocycles. The normalized spacial score (nSPS) is 36.7. The molecule has 0 unspecified atom stereocenters. The lowest BCUT2D eigenvalue weighted by Gasteiger charge is -2.63. The van der Waals surface area contributed by atoms with Crippen molar-refractivity contribution in [2.45, 2.75) is 133 Å². The van der Waals surface area contributed by atoms with Gasteiger partial charge in [0.1, 0.15) is 11.5 Å². The van der Waals surface area contributed by atoms with E-state index in [1.807, 2.05) is 0 Å². The summed E-state index contributed by atoms with van der Waals surface area (Å²) in [6, 6.07) is 34.0. The fourth-order valence-corrected chi connectivity index (χ4v) is 15.6. The molecule has 278 valence electrons. The molecule has 4 aromatic carbocycles. The fraction of sp³-hybridized carbons (Fsp3) is 0.538. The monoisotopic (exact) mass is 713 g/mol. The third-order valence-electron chi connectivity index (χ3n) is 17.5. The summed E-state index contributed by atoms with van der Waals surface area (Å²) in [6.07, 6.45) is 18.1. The van der Waals surface area contributed by atoms with E-state index in [0.717, 1.165) is 41.1 Å². The first-order valence-electron chi connectivity index (χ1n) is 22.1. The van der Waals surface area contributed by atoms with E-state index in [1.165, 1.54) is 123 Å². The molecule has 54 heavy (non-hydrogen) atoms. The van der Waals surface area contributed by atoms with Gasteiger partial charge in [0.05, 0.1) is 0 Å². The lowest BCUT2D eigenvalue weighted by Crippen LogP contribution is -2.57. The van der Waals surface area contributed by atoms with Crippen LogP contribution in [0.1, 0.15) is 139 Å². The Morgan fingerprint density at radius 1 is 0.481 bits per heavy atom. The standard InChI is InChI=1S/C52H59NO/c1-49(2)17-18-50(3,4)45-27-41(13-15-43(45)49)53(40-11-9-37(10-12-40)51-29-34-20-35(30-51)22-36(21-34)31-51)42-14-16-48-46(28-42)52(44-7-5-6-8-47(44)54-48)38-23-32-19-33(25-38)26-39(52)24-32/h5-16,27-28,32-36,38-39H,17-26,29-31H2,1-4H3. The molecule has 1 aliphatic heterocycles. The molecule has 2 nitrogen and oxygen atoms in total. The van der Waals surface area contributed by atoms with Crippen molar-refractivity contribution in [2.24, 2.45) is 41.4 Å². The van der Waals surface area contributed by atoms with Crippen LogP contribution in [-0.4, -0.2) is 0 Å². The van der Waals surface area contributed by atoms with Crippen molar-refractivity contribution < 1.29 is 4.74 Å². The molecule has 0 atom stereocenters. The zero-order valence-electron chi connectivity index (χ0n) is 33.2. The molecule has 1 spiro atoms. The highest BCUT2D eigenvalue weighted by Crippen LogP contribution is 2.69. The molecule has 14 rings (SSSR count). The third kappa shape index (κ3) is 4.52. The zero-order chi connectivity index (χ0) is 36.2. The van der Waals surface area contributed by atoms with E-state index in [2.05, 4.69) is 118 Å². The van der Waals surface area contributed by atoms with Gasteiger partial charge in [-0.15, -0.1) is 0 Å². The Bertz CT molecular complexity index is 2110. The van der Waals surface area contributed by atoms with Crippen LogP contribution in [-0.2, 0) is 21.7 Å². The molecule has 8 fully saturated rings. The minimum atomic E-state index is 0.0313. The molecule has 0 amide bonds. The molecule has 8 bridgehead atoms. The van der Waals surface area contributed by atoms with Crippen LogP contribution in [0.5, 0.6) is 11.5 Å². The second-order valence-corrected chi connectivity index (χ2v) is 21.5. The van der Waals surface area contributed by atoms with Gasteiger partial charge in [0.15, 0.2) is 0 Å². The van der Waals surface area contributed by atoms with Crippen LogP contribution < -0.4 is 9.64 Å². The van der Waals surface area contributed by atoms with Gasteiger partial charge in [-0.05, 0) is 206 Å². The van der Waals surface area contributed by atoms with Crippen LogP contribution >= 0.6 is 0 Å². The predicted octanol–water partition coefficient (Wildman–Crippen LogP) is 13.8. The summed E-state index contributed by atoms with van der Waals surface area (Å²) in [5, 5.41) is 0. The van der Waals surface area contributed by atoms with Crippen LogP contribution in [0.3, 0.4) is 0 Å². The van der Waals surface area contributed by atoms with Crippen molar-refractivity contribution in [3.63, 3.8) is 0 Å². The number of para-hydroxylation sites is 1. The Kier molecular flexibility index (Phi) is 6.70. The molecule has 8 saturated carbocycles. The predicted molar refractivity (Wildman–Crippen MR) is 221 cm³/mol. The van der Waals surface area contributed by atoms with Crippen molar-refractivity contribution >= 4 is 17.1 Å². The zero-order valence-corrected chi connectivity index (χ0v) is 33.2. The Morgan fingerprint density at radius 2 is 1.00 bits per heavy atom. The van der Waals surface area contributed by atoms with Crippen LogP contribution in [0.25, 0.3) is 0 Å². The van der Waals surface area contributed by atoms with Crippen LogP contribution in [0, 0.1) is 41.4 Å². The maximum Gasteiger partial charge on any atom is 0.131 e. The Morgan fingerprint density at radius 3 is 1.65 bits per heavy atom. The SMILES string of the molecule is CC1(C)CCC(C)(C)c2cc(N(c3ccc(C45CC6CC(CC(C6)C4)C5)cc3)c3ccc4c(c3)C3(c5ccccc5O4)C4CC5CC(C4)CC3C5)ccc21. The molecule has 9 aliphatic carbocycles. The molecule has 1 heterocycles. The third-order valence-corrected chi connectivity index (χ3v) is 17.5. The number of nitrogens with zero attached hydrogens (tertiary/aromatic N) is 1. The van der Waals surface area contributed by atoms with E-state index in [-0.39, 0.29) is 16.2 Å². The molecule has 0 saturated heterocycles. The van der Waals surface area contributed by atoms with Crippen molar-refractivity contribution in [2.75, 3.05) is 4.90 Å². The smallest absolute Gasteiger partial charge is 0.131 e. The summed E-state index contributed by atoms with van der Waals surface area (Å²) in [5.74, 6) is 8.25. The summed E-state index contributed by atoms with van der Waals surface area (Å²) >= 11 is 0. The van der Waals surface area contributed by atoms with Crippen molar-refractivity contribution in [1.82, 2.24) is 0 Å². The average Bonchev–Trinajstić information content (AvgIpc) is 3.15. The van der Waals surface area contributed by atoms with Gasteiger partial charge in [-0.25, -0.2) is 0 Å². The first kappa shape index (κ1) is 32.7. The van der Waals surface area contributed by atoms with Crippen molar-refractivity contribution in [3.05, 3.63) is 113 Å². The summed E-state index contributed by atoms with van der Waals surface area (Å²) in [5.41, 5.74) is 12.2. The number of hydrogen-bond acceptors (Lipinski definition) is 2. The van der Waals surface area contributed by atoms with Crippen LogP contribution in [0.15, 0.2) is 84.9 Å². The Labute approximate surface area is 324 Å². The number of rotatable bonds is 4. The molecular weight excluding hydrogens is 655 g/mol. The number of benzene rings is 4. The van der Waals surface area contributed by atoms with E-state index in [9.17, 15) is 0 Å².